The Kier molecular flexibility index (Phi) is 6.06. The van der Waals surface area contributed by atoms with Crippen molar-refractivity contribution >= 4 is 17.8 Å². The van der Waals surface area contributed by atoms with Crippen LogP contribution in [0.5, 0.6) is 0 Å². The van der Waals surface area contributed by atoms with Gasteiger partial charge in [-0.25, -0.2) is 5.43 Å². The van der Waals surface area contributed by atoms with Gasteiger partial charge >= 0.3 is 12.4 Å². The van der Waals surface area contributed by atoms with E-state index >= 15 is 0 Å². The third-order valence-electron chi connectivity index (χ3n) is 3.38. The van der Waals surface area contributed by atoms with E-state index in [2.05, 4.69) is 10.3 Å². The van der Waals surface area contributed by atoms with Gasteiger partial charge in [-0.05, 0) is 18.2 Å². The van der Waals surface area contributed by atoms with E-state index in [0.29, 0.717) is 5.56 Å². The van der Waals surface area contributed by atoms with E-state index in [1.165, 1.54) is 12.1 Å². The summed E-state index contributed by atoms with van der Waals surface area (Å²) in [5, 5.41) is 15.0. The van der Waals surface area contributed by atoms with Crippen LogP contribution in [0.2, 0.25) is 0 Å². The SMILES string of the molecule is O=C(NN=C(C=NO)c1ccccc1)c1cc(C(F)(F)F)cc(C(F)(F)F)c1. The average molecular weight is 403 g/mol. The number of carbonyl (C=O) groups is 1. The van der Waals surface area contributed by atoms with Crippen molar-refractivity contribution < 1.29 is 36.3 Å². The van der Waals surface area contributed by atoms with Gasteiger partial charge in [0, 0.05) is 11.1 Å². The number of alkyl halides is 6. The first-order valence-corrected chi connectivity index (χ1v) is 7.42. The Balaban J connectivity index is 2.40. The van der Waals surface area contributed by atoms with Crippen LogP contribution in [0.15, 0.2) is 58.8 Å². The normalized spacial score (nSPS) is 13.0. The van der Waals surface area contributed by atoms with Gasteiger partial charge in [0.05, 0.1) is 17.3 Å². The molecule has 0 bridgehead atoms. The van der Waals surface area contributed by atoms with Crippen LogP contribution >= 0.6 is 0 Å². The first-order chi connectivity index (χ1) is 13.0. The minimum absolute atomic E-state index is 0.0838. The number of amides is 1. The van der Waals surface area contributed by atoms with Crippen molar-refractivity contribution in [1.29, 1.82) is 0 Å². The van der Waals surface area contributed by atoms with Crippen molar-refractivity contribution in [2.75, 3.05) is 0 Å². The van der Waals surface area contributed by atoms with E-state index in [0.717, 1.165) is 6.21 Å². The molecule has 0 saturated heterocycles. The van der Waals surface area contributed by atoms with E-state index in [1.807, 2.05) is 5.43 Å². The fourth-order valence-corrected chi connectivity index (χ4v) is 2.09. The zero-order valence-electron chi connectivity index (χ0n) is 13.7. The number of oxime groups is 1. The summed E-state index contributed by atoms with van der Waals surface area (Å²) in [6.45, 7) is 0. The summed E-state index contributed by atoms with van der Waals surface area (Å²) in [5.41, 5.74) is -2.00. The number of rotatable bonds is 4. The second kappa shape index (κ2) is 8.11. The molecule has 0 atom stereocenters. The topological polar surface area (TPSA) is 74.0 Å². The molecule has 11 heteroatoms. The Morgan fingerprint density at radius 1 is 0.893 bits per heavy atom. The number of carbonyl (C=O) groups excluding carboxylic acids is 1. The summed E-state index contributed by atoms with van der Waals surface area (Å²) < 4.78 is 77.2. The maximum absolute atomic E-state index is 12.9. The molecule has 0 aromatic heterocycles. The molecule has 2 N–H and O–H groups in total. The number of benzene rings is 2. The predicted octanol–water partition coefficient (Wildman–Crippen LogP) is 4.32. The van der Waals surface area contributed by atoms with Crippen molar-refractivity contribution in [2.24, 2.45) is 10.3 Å². The van der Waals surface area contributed by atoms with Crippen LogP contribution in [0, 0.1) is 0 Å². The third-order valence-corrected chi connectivity index (χ3v) is 3.38. The van der Waals surface area contributed by atoms with Crippen LogP contribution in [0.25, 0.3) is 0 Å². The highest BCUT2D eigenvalue weighted by Crippen LogP contribution is 2.36. The zero-order valence-corrected chi connectivity index (χ0v) is 13.7. The van der Waals surface area contributed by atoms with Gasteiger partial charge in [0.15, 0.2) is 0 Å². The molecule has 28 heavy (non-hydrogen) atoms. The van der Waals surface area contributed by atoms with E-state index < -0.39 is 35.0 Å². The van der Waals surface area contributed by atoms with Crippen LogP contribution in [-0.4, -0.2) is 23.0 Å². The molecule has 0 saturated carbocycles. The molecule has 2 rings (SSSR count). The quantitative estimate of drug-likeness (QED) is 0.345. The molecule has 0 unspecified atom stereocenters. The van der Waals surface area contributed by atoms with Gasteiger partial charge in [-0.3, -0.25) is 4.79 Å². The number of hydrazone groups is 1. The van der Waals surface area contributed by atoms with E-state index in [4.69, 9.17) is 5.21 Å². The first kappa shape index (κ1) is 20.9. The summed E-state index contributed by atoms with van der Waals surface area (Å²) in [5.74, 6) is -1.31. The van der Waals surface area contributed by atoms with Crippen LogP contribution < -0.4 is 5.43 Å². The summed E-state index contributed by atoms with van der Waals surface area (Å²) in [6, 6.07) is 8.38. The average Bonchev–Trinajstić information content (AvgIpc) is 2.63. The highest BCUT2D eigenvalue weighted by atomic mass is 19.4. The highest BCUT2D eigenvalue weighted by Gasteiger charge is 2.37. The van der Waals surface area contributed by atoms with Gasteiger partial charge in [-0.1, -0.05) is 35.5 Å². The molecule has 0 aliphatic heterocycles. The van der Waals surface area contributed by atoms with E-state index in [9.17, 15) is 31.1 Å². The second-order valence-electron chi connectivity index (χ2n) is 5.34. The monoisotopic (exact) mass is 403 g/mol. The van der Waals surface area contributed by atoms with Crippen LogP contribution in [-0.2, 0) is 12.4 Å². The Hall–Kier alpha value is -3.37. The fraction of sp³-hybridized carbons (Fsp3) is 0.118. The summed E-state index contributed by atoms with van der Waals surface area (Å²) in [4.78, 5) is 12.1. The van der Waals surface area contributed by atoms with Crippen molar-refractivity contribution in [3.63, 3.8) is 0 Å². The van der Waals surface area contributed by atoms with E-state index in [-0.39, 0.29) is 23.9 Å². The molecule has 0 aliphatic rings. The molecular weight excluding hydrogens is 392 g/mol. The molecule has 0 heterocycles. The third kappa shape index (κ3) is 5.32. The Morgan fingerprint density at radius 3 is 1.89 bits per heavy atom. The van der Waals surface area contributed by atoms with Crippen molar-refractivity contribution in [2.45, 2.75) is 12.4 Å². The van der Waals surface area contributed by atoms with Gasteiger partial charge in [-0.2, -0.15) is 31.4 Å². The van der Waals surface area contributed by atoms with Crippen LogP contribution in [0.1, 0.15) is 27.0 Å². The number of hydrogen-bond donors (Lipinski definition) is 2. The lowest BCUT2D eigenvalue weighted by molar-refractivity contribution is -0.143. The number of halogens is 6. The smallest absolute Gasteiger partial charge is 0.411 e. The van der Waals surface area contributed by atoms with Crippen LogP contribution in [0.3, 0.4) is 0 Å². The lowest BCUT2D eigenvalue weighted by atomic mass is 10.0. The minimum atomic E-state index is -5.09. The van der Waals surface area contributed by atoms with E-state index in [1.54, 1.807) is 18.2 Å². The van der Waals surface area contributed by atoms with Gasteiger partial charge in [0.25, 0.3) is 5.91 Å². The molecule has 148 valence electrons. The molecule has 2 aromatic rings. The maximum Gasteiger partial charge on any atom is 0.416 e. The number of hydrogen-bond acceptors (Lipinski definition) is 4. The second-order valence-corrected chi connectivity index (χ2v) is 5.34. The minimum Gasteiger partial charge on any atom is -0.411 e. The maximum atomic E-state index is 12.9. The van der Waals surface area contributed by atoms with Crippen molar-refractivity contribution in [3.05, 3.63) is 70.8 Å². The lowest BCUT2D eigenvalue weighted by Gasteiger charge is -2.13. The molecule has 5 nitrogen and oxygen atoms in total. The van der Waals surface area contributed by atoms with Gasteiger partial charge in [0.1, 0.15) is 5.71 Å². The van der Waals surface area contributed by atoms with Gasteiger partial charge < -0.3 is 5.21 Å². The van der Waals surface area contributed by atoms with Crippen molar-refractivity contribution in [3.8, 4) is 0 Å². The molecule has 0 radical (unpaired) electrons. The molecule has 0 aliphatic carbocycles. The summed E-state index contributed by atoms with van der Waals surface area (Å²) in [7, 11) is 0. The highest BCUT2D eigenvalue weighted by molar-refractivity contribution is 6.38. The summed E-state index contributed by atoms with van der Waals surface area (Å²) >= 11 is 0. The Morgan fingerprint density at radius 2 is 1.43 bits per heavy atom. The zero-order chi connectivity index (χ0) is 20.9. The van der Waals surface area contributed by atoms with Crippen LogP contribution in [0.4, 0.5) is 26.3 Å². The molecule has 1 amide bonds. The summed E-state index contributed by atoms with van der Waals surface area (Å²) in [6.07, 6.45) is -9.33. The largest absolute Gasteiger partial charge is 0.416 e. The standard InChI is InChI=1S/C17H11F6N3O2/c18-16(19,20)12-6-11(7-13(8-12)17(21,22)23)15(27)26-25-14(9-24-28)10-4-2-1-3-5-10/h1-9,28H,(H,26,27). The lowest BCUT2D eigenvalue weighted by Crippen LogP contribution is -2.22. The van der Waals surface area contributed by atoms with Gasteiger partial charge in [0.2, 0.25) is 0 Å². The Labute approximate surface area is 154 Å². The number of nitrogens with zero attached hydrogens (tertiary/aromatic N) is 2. The van der Waals surface area contributed by atoms with Crippen molar-refractivity contribution in [1.82, 2.24) is 5.43 Å². The fourth-order valence-electron chi connectivity index (χ4n) is 2.09. The molecule has 2 aromatic carbocycles. The Bertz CT molecular complexity index is 873. The first-order valence-electron chi connectivity index (χ1n) is 7.42. The molecule has 0 spiro atoms. The van der Waals surface area contributed by atoms with Gasteiger partial charge in [-0.15, -0.1) is 0 Å². The number of nitrogens with one attached hydrogen (secondary N) is 1. The predicted molar refractivity (Wildman–Crippen MR) is 87.2 cm³/mol. The molecule has 0 fully saturated rings. The molecular formula is C17H11F6N3O2.